The number of carbonyl (C=O) groups excluding carboxylic acids is 1. The fourth-order valence-electron chi connectivity index (χ4n) is 5.81. The molecule has 9 atom stereocenters. The molecule has 3 fully saturated rings. The van der Waals surface area contributed by atoms with E-state index in [1.807, 2.05) is 0 Å². The zero-order valence-corrected chi connectivity index (χ0v) is 10.5. The number of fused-ring (bicyclic) bond motifs is 2. The Morgan fingerprint density at radius 3 is 2.89 bits per heavy atom. The van der Waals surface area contributed by atoms with Gasteiger partial charge < -0.3 is 0 Å². The van der Waals surface area contributed by atoms with Gasteiger partial charge in [0.25, 0.3) is 0 Å². The van der Waals surface area contributed by atoms with Gasteiger partial charge in [-0.1, -0.05) is 12.2 Å². The van der Waals surface area contributed by atoms with Crippen LogP contribution in [0.1, 0.15) is 12.8 Å². The number of azo groups is 1. The van der Waals surface area contributed by atoms with Crippen molar-refractivity contribution in [1.29, 1.82) is 5.26 Å². The fourth-order valence-corrected chi connectivity index (χ4v) is 5.81. The van der Waals surface area contributed by atoms with Gasteiger partial charge in [0.15, 0.2) is 5.78 Å². The van der Waals surface area contributed by atoms with Crippen molar-refractivity contribution in [1.82, 2.24) is 0 Å². The quantitative estimate of drug-likeness (QED) is 0.619. The summed E-state index contributed by atoms with van der Waals surface area (Å²) >= 11 is 0. The zero-order chi connectivity index (χ0) is 12.7. The predicted molar refractivity (Wildman–Crippen MR) is 65.9 cm³/mol. The van der Waals surface area contributed by atoms with Crippen molar-refractivity contribution in [3.8, 4) is 6.07 Å². The number of hydrogen-bond acceptors (Lipinski definition) is 4. The van der Waals surface area contributed by atoms with E-state index >= 15 is 0 Å². The summed E-state index contributed by atoms with van der Waals surface area (Å²) in [5.41, 5.74) is 0. The van der Waals surface area contributed by atoms with E-state index in [9.17, 15) is 10.1 Å². The van der Waals surface area contributed by atoms with Crippen molar-refractivity contribution in [2.24, 2.45) is 51.7 Å². The van der Waals surface area contributed by atoms with Crippen LogP contribution in [0.15, 0.2) is 22.4 Å². The second kappa shape index (κ2) is 3.15. The molecule has 0 radical (unpaired) electrons. The van der Waals surface area contributed by atoms with E-state index in [1.165, 1.54) is 0 Å². The molecule has 2 heterocycles. The van der Waals surface area contributed by atoms with Crippen molar-refractivity contribution < 1.29 is 4.79 Å². The van der Waals surface area contributed by atoms with Crippen molar-refractivity contribution in [3.63, 3.8) is 0 Å². The van der Waals surface area contributed by atoms with Crippen LogP contribution in [-0.2, 0) is 4.79 Å². The van der Waals surface area contributed by atoms with Crippen LogP contribution in [0, 0.1) is 52.8 Å². The lowest BCUT2D eigenvalue weighted by molar-refractivity contribution is -0.130. The van der Waals surface area contributed by atoms with Crippen molar-refractivity contribution in [2.75, 3.05) is 0 Å². The molecule has 0 aromatic carbocycles. The van der Waals surface area contributed by atoms with Crippen LogP contribution in [0.3, 0.4) is 0 Å². The number of Topliss-reactive ketones (excluding diaryl/α,β-unsaturated/α-hetero) is 1. The largest absolute Gasteiger partial charge is 0.298 e. The SMILES string of the molecule is N#C[C@@H]1C(=O)[C@@H]2C[C@H]1[C@@H]1[C@@H]3N=N[C@@H]([C@H]4CC=C[C@H]43)[C@@H]12. The summed E-state index contributed by atoms with van der Waals surface area (Å²) in [6.45, 7) is 0. The van der Waals surface area contributed by atoms with Crippen LogP contribution in [-0.4, -0.2) is 17.9 Å². The van der Waals surface area contributed by atoms with Gasteiger partial charge in [-0.05, 0) is 36.5 Å². The Labute approximate surface area is 111 Å². The Morgan fingerprint density at radius 2 is 2.05 bits per heavy atom. The van der Waals surface area contributed by atoms with Gasteiger partial charge in [-0.15, -0.1) is 0 Å². The van der Waals surface area contributed by atoms with Crippen molar-refractivity contribution in [3.05, 3.63) is 12.2 Å². The smallest absolute Gasteiger partial charge is 0.153 e. The summed E-state index contributed by atoms with van der Waals surface area (Å²) in [6, 6.07) is 2.75. The summed E-state index contributed by atoms with van der Waals surface area (Å²) in [6.07, 6.45) is 6.60. The molecule has 0 aromatic rings. The molecule has 19 heavy (non-hydrogen) atoms. The average molecular weight is 253 g/mol. The topological polar surface area (TPSA) is 65.6 Å². The zero-order valence-electron chi connectivity index (χ0n) is 10.5. The van der Waals surface area contributed by atoms with Crippen LogP contribution in [0.5, 0.6) is 0 Å². The molecule has 0 aromatic heterocycles. The summed E-state index contributed by atoms with van der Waals surface area (Å²) in [5.74, 6) is 2.16. The first-order valence-electron chi connectivity index (χ1n) is 7.31. The van der Waals surface area contributed by atoms with Crippen LogP contribution in [0.25, 0.3) is 0 Å². The van der Waals surface area contributed by atoms with Gasteiger partial charge in [0.05, 0.1) is 18.2 Å². The summed E-state index contributed by atoms with van der Waals surface area (Å²) in [4.78, 5) is 12.3. The highest BCUT2D eigenvalue weighted by Crippen LogP contribution is 2.64. The second-order valence-electron chi connectivity index (χ2n) is 6.79. The standard InChI is InChI=1S/C15H15N3O/c16-5-10-8-4-9(15(10)19)12-11(8)13-6-2-1-3-7(6)14(12)18-17-13/h1-2,6-14H,3-4H2/t6-,7+,8-,9-,10+,11+,12-,13-,14+/m1/s1. The second-order valence-corrected chi connectivity index (χ2v) is 6.79. The average Bonchev–Trinajstić information content (AvgIpc) is 3.12. The molecular formula is C15H15N3O. The number of ketones is 1. The highest BCUT2D eigenvalue weighted by Gasteiger charge is 2.68. The van der Waals surface area contributed by atoms with E-state index in [-0.39, 0.29) is 35.6 Å². The van der Waals surface area contributed by atoms with Crippen LogP contribution in [0.4, 0.5) is 0 Å². The maximum Gasteiger partial charge on any atom is 0.153 e. The monoisotopic (exact) mass is 253 g/mol. The predicted octanol–water partition coefficient (Wildman–Crippen LogP) is 1.99. The Bertz CT molecular complexity index is 574. The lowest BCUT2D eigenvalue weighted by Gasteiger charge is -2.51. The van der Waals surface area contributed by atoms with Gasteiger partial charge in [-0.2, -0.15) is 15.5 Å². The van der Waals surface area contributed by atoms with Crippen LogP contribution < -0.4 is 0 Å². The molecule has 6 aliphatic rings. The fraction of sp³-hybridized carbons (Fsp3) is 0.733. The lowest BCUT2D eigenvalue weighted by Crippen LogP contribution is -2.56. The summed E-state index contributed by atoms with van der Waals surface area (Å²) < 4.78 is 0. The van der Waals surface area contributed by atoms with Gasteiger partial charge in [0, 0.05) is 11.8 Å². The minimum atomic E-state index is -0.357. The maximum absolute atomic E-state index is 12.3. The first-order valence-corrected chi connectivity index (χ1v) is 7.31. The van der Waals surface area contributed by atoms with E-state index in [0.29, 0.717) is 23.7 Å². The number of allylic oxidation sites excluding steroid dienone is 1. The van der Waals surface area contributed by atoms with E-state index in [0.717, 1.165) is 12.8 Å². The highest BCUT2D eigenvalue weighted by molar-refractivity contribution is 5.89. The molecule has 0 N–H and O–H groups in total. The maximum atomic E-state index is 12.3. The molecule has 0 spiro atoms. The molecule has 3 saturated carbocycles. The molecule has 96 valence electrons. The normalized spacial score (nSPS) is 59.3. The number of nitrogens with zero attached hydrogens (tertiary/aromatic N) is 3. The molecule has 2 aliphatic heterocycles. The Kier molecular flexibility index (Phi) is 1.71. The minimum Gasteiger partial charge on any atom is -0.298 e. The van der Waals surface area contributed by atoms with Gasteiger partial charge in [-0.3, -0.25) is 4.79 Å². The van der Waals surface area contributed by atoms with Gasteiger partial charge in [0.2, 0.25) is 0 Å². The van der Waals surface area contributed by atoms with Crippen LogP contribution >= 0.6 is 0 Å². The molecular weight excluding hydrogens is 238 g/mol. The van der Waals surface area contributed by atoms with Gasteiger partial charge >= 0.3 is 0 Å². The summed E-state index contributed by atoms with van der Waals surface area (Å²) in [5, 5.41) is 18.4. The van der Waals surface area contributed by atoms with Gasteiger partial charge in [0.1, 0.15) is 5.92 Å². The van der Waals surface area contributed by atoms with E-state index in [2.05, 4.69) is 28.4 Å². The Balaban J connectivity index is 1.63. The molecule has 6 rings (SSSR count). The molecule has 4 aliphatic carbocycles. The first-order chi connectivity index (χ1) is 9.31. The Morgan fingerprint density at radius 1 is 1.21 bits per heavy atom. The first kappa shape index (κ1) is 10.3. The van der Waals surface area contributed by atoms with E-state index < -0.39 is 0 Å². The minimum absolute atomic E-state index is 0.105. The molecule has 0 unspecified atom stereocenters. The van der Waals surface area contributed by atoms with Crippen molar-refractivity contribution in [2.45, 2.75) is 24.9 Å². The van der Waals surface area contributed by atoms with Crippen molar-refractivity contribution >= 4 is 5.78 Å². The van der Waals surface area contributed by atoms with E-state index in [4.69, 9.17) is 0 Å². The molecule has 4 bridgehead atoms. The van der Waals surface area contributed by atoms with Gasteiger partial charge in [-0.25, -0.2) is 0 Å². The highest BCUT2D eigenvalue weighted by atomic mass is 16.1. The summed E-state index contributed by atoms with van der Waals surface area (Å²) in [7, 11) is 0. The lowest BCUT2D eigenvalue weighted by atomic mass is 9.57. The van der Waals surface area contributed by atoms with Crippen LogP contribution in [0.2, 0.25) is 0 Å². The number of hydrogen-bond donors (Lipinski definition) is 0. The third-order valence-electron chi connectivity index (χ3n) is 6.38. The molecule has 0 saturated heterocycles. The number of rotatable bonds is 0. The third kappa shape index (κ3) is 0.980. The number of carbonyl (C=O) groups is 1. The molecule has 4 heteroatoms. The molecule has 0 amide bonds. The Hall–Kier alpha value is -1.50. The third-order valence-corrected chi connectivity index (χ3v) is 6.38. The molecule has 4 nitrogen and oxygen atoms in total. The number of nitriles is 1. The van der Waals surface area contributed by atoms with E-state index in [1.54, 1.807) is 0 Å².